The van der Waals surface area contributed by atoms with Gasteiger partial charge in [0.2, 0.25) is 5.43 Å². The molecule has 1 saturated carbocycles. The first-order valence-corrected chi connectivity index (χ1v) is 12.2. The zero-order valence-electron chi connectivity index (χ0n) is 19.7. The number of carbonyl (C=O) groups is 1. The molecule has 182 valence electrons. The van der Waals surface area contributed by atoms with Crippen LogP contribution in [0.1, 0.15) is 41.7 Å². The van der Waals surface area contributed by atoms with Crippen LogP contribution >= 0.6 is 11.6 Å². The van der Waals surface area contributed by atoms with Gasteiger partial charge < -0.3 is 19.5 Å². The highest BCUT2D eigenvalue weighted by atomic mass is 35.5. The zero-order chi connectivity index (χ0) is 24.7. The molecule has 1 aliphatic heterocycles. The lowest BCUT2D eigenvalue weighted by atomic mass is 10.0. The number of carbonyl (C=O) groups excluding carboxylic acids is 1. The number of aromatic nitrogens is 1. The molecule has 8 heteroatoms. The highest BCUT2D eigenvalue weighted by molar-refractivity contribution is 6.30. The number of fused-ring (bicyclic) bond motifs is 1. The lowest BCUT2D eigenvalue weighted by Crippen LogP contribution is -2.49. The molecule has 2 aliphatic rings. The van der Waals surface area contributed by atoms with Crippen LogP contribution in [0.4, 0.5) is 10.1 Å². The number of hydrogen-bond acceptors (Lipinski definition) is 5. The van der Waals surface area contributed by atoms with Crippen LogP contribution < -0.4 is 20.4 Å². The monoisotopic (exact) mass is 495 g/mol. The van der Waals surface area contributed by atoms with E-state index in [2.05, 4.69) is 5.32 Å². The van der Waals surface area contributed by atoms with Crippen LogP contribution in [-0.4, -0.2) is 43.1 Å². The van der Waals surface area contributed by atoms with Crippen molar-refractivity contribution in [1.29, 1.82) is 0 Å². The standard InChI is InChI=1S/C27H27ClFN3O3/c1-16-14-31(12-11-30-16)25-22(29)13-20-24(27(25)35-2)32(19-8-9-19)15-21(26(20)34)23(33)10-5-17-3-6-18(28)7-4-17/h3-7,10,13,15-16,19,30H,8-9,11-12,14H2,1-2H3/b10-5+. The molecule has 1 saturated heterocycles. The smallest absolute Gasteiger partial charge is 0.200 e. The number of ether oxygens (including phenoxy) is 1. The maximum Gasteiger partial charge on any atom is 0.200 e. The van der Waals surface area contributed by atoms with Crippen molar-refractivity contribution in [3.05, 3.63) is 74.8 Å². The molecule has 6 nitrogen and oxygen atoms in total. The van der Waals surface area contributed by atoms with Crippen molar-refractivity contribution in [3.63, 3.8) is 0 Å². The molecule has 3 aromatic rings. The van der Waals surface area contributed by atoms with Gasteiger partial charge in [-0.15, -0.1) is 0 Å². The van der Waals surface area contributed by atoms with Gasteiger partial charge in [-0.1, -0.05) is 29.8 Å². The van der Waals surface area contributed by atoms with Crippen molar-refractivity contribution in [2.24, 2.45) is 0 Å². The van der Waals surface area contributed by atoms with E-state index in [-0.39, 0.29) is 23.0 Å². The summed E-state index contributed by atoms with van der Waals surface area (Å²) in [6.45, 7) is 4.03. The third-order valence-electron chi connectivity index (χ3n) is 6.59. The number of halogens is 2. The Morgan fingerprint density at radius 3 is 2.66 bits per heavy atom. The molecular formula is C27H27ClFN3O3. The van der Waals surface area contributed by atoms with Gasteiger partial charge in [0.15, 0.2) is 17.3 Å². The number of allylic oxidation sites excluding steroid dienone is 1. The fourth-order valence-electron chi connectivity index (χ4n) is 4.72. The summed E-state index contributed by atoms with van der Waals surface area (Å²) in [4.78, 5) is 28.5. The Hall–Kier alpha value is -3.16. The first kappa shape index (κ1) is 23.6. The van der Waals surface area contributed by atoms with E-state index < -0.39 is 17.0 Å². The van der Waals surface area contributed by atoms with Crippen LogP contribution in [0.15, 0.2) is 47.4 Å². The molecule has 0 amide bonds. The minimum atomic E-state index is -0.524. The normalized spacial score (nSPS) is 18.4. The summed E-state index contributed by atoms with van der Waals surface area (Å²) in [5, 5.41) is 4.11. The second-order valence-electron chi connectivity index (χ2n) is 9.20. The van der Waals surface area contributed by atoms with E-state index in [1.54, 1.807) is 36.5 Å². The topological polar surface area (TPSA) is 63.6 Å². The maximum atomic E-state index is 15.5. The molecule has 0 bridgehead atoms. The number of ketones is 1. The van der Waals surface area contributed by atoms with E-state index in [1.165, 1.54) is 19.3 Å². The Kier molecular flexibility index (Phi) is 6.38. The summed E-state index contributed by atoms with van der Waals surface area (Å²) in [5.41, 5.74) is 1.21. The number of anilines is 1. The van der Waals surface area contributed by atoms with Crippen LogP contribution in [0, 0.1) is 5.82 Å². The lowest BCUT2D eigenvalue weighted by molar-refractivity contribution is 0.104. The molecule has 0 radical (unpaired) electrons. The third kappa shape index (κ3) is 4.58. The zero-order valence-corrected chi connectivity index (χ0v) is 20.4. The van der Waals surface area contributed by atoms with Crippen molar-refractivity contribution in [3.8, 4) is 5.75 Å². The predicted octanol–water partition coefficient (Wildman–Crippen LogP) is 4.83. The van der Waals surface area contributed by atoms with Gasteiger partial charge in [-0.25, -0.2) is 4.39 Å². The molecule has 1 unspecified atom stereocenters. The van der Waals surface area contributed by atoms with Gasteiger partial charge in [0.1, 0.15) is 5.69 Å². The molecule has 35 heavy (non-hydrogen) atoms. The van der Waals surface area contributed by atoms with Crippen molar-refractivity contribution in [2.45, 2.75) is 31.8 Å². The number of piperazine rings is 1. The number of methoxy groups -OCH3 is 1. The van der Waals surface area contributed by atoms with E-state index in [0.717, 1.165) is 24.9 Å². The SMILES string of the molecule is COc1c(N2CCNC(C)C2)c(F)cc2c(=O)c(C(=O)/C=C/c3ccc(Cl)cc3)cn(C3CC3)c12. The van der Waals surface area contributed by atoms with Gasteiger partial charge in [0.05, 0.1) is 23.6 Å². The number of benzene rings is 2. The van der Waals surface area contributed by atoms with Crippen molar-refractivity contribution in [2.75, 3.05) is 31.6 Å². The third-order valence-corrected chi connectivity index (χ3v) is 6.84. The van der Waals surface area contributed by atoms with Crippen LogP contribution in [0.2, 0.25) is 5.02 Å². The fourth-order valence-corrected chi connectivity index (χ4v) is 4.84. The number of pyridine rings is 1. The number of nitrogens with zero attached hydrogens (tertiary/aromatic N) is 2. The average molecular weight is 496 g/mol. The molecular weight excluding hydrogens is 469 g/mol. The molecule has 1 atom stereocenters. The quantitative estimate of drug-likeness (QED) is 0.392. The first-order chi connectivity index (χ1) is 16.9. The summed E-state index contributed by atoms with van der Waals surface area (Å²) < 4.78 is 23.2. The second kappa shape index (κ2) is 9.47. The summed E-state index contributed by atoms with van der Waals surface area (Å²) in [5.74, 6) is -0.612. The van der Waals surface area contributed by atoms with Gasteiger partial charge in [-0.3, -0.25) is 9.59 Å². The first-order valence-electron chi connectivity index (χ1n) is 11.8. The molecule has 1 aliphatic carbocycles. The largest absolute Gasteiger partial charge is 0.492 e. The van der Waals surface area contributed by atoms with Crippen LogP contribution in [0.5, 0.6) is 5.75 Å². The Balaban J connectivity index is 1.64. The van der Waals surface area contributed by atoms with Gasteiger partial charge in [-0.2, -0.15) is 0 Å². The number of nitrogens with one attached hydrogen (secondary N) is 1. The summed E-state index contributed by atoms with van der Waals surface area (Å²) in [7, 11) is 1.50. The van der Waals surface area contributed by atoms with E-state index in [4.69, 9.17) is 16.3 Å². The minimum Gasteiger partial charge on any atom is -0.492 e. The minimum absolute atomic E-state index is 0.0135. The number of rotatable bonds is 6. The number of hydrogen-bond donors (Lipinski definition) is 1. The van der Waals surface area contributed by atoms with Crippen molar-refractivity contribution in [1.82, 2.24) is 9.88 Å². The molecule has 2 aromatic carbocycles. The fraction of sp³-hybridized carbons (Fsp3) is 0.333. The Labute approximate surface area is 207 Å². The van der Waals surface area contributed by atoms with Gasteiger partial charge in [-0.05, 0) is 49.6 Å². The second-order valence-corrected chi connectivity index (χ2v) is 9.63. The maximum absolute atomic E-state index is 15.5. The van der Waals surface area contributed by atoms with E-state index in [9.17, 15) is 9.59 Å². The van der Waals surface area contributed by atoms with E-state index >= 15 is 4.39 Å². The van der Waals surface area contributed by atoms with Gasteiger partial charge in [0.25, 0.3) is 0 Å². The molecule has 2 fully saturated rings. The Bertz CT molecular complexity index is 1380. The van der Waals surface area contributed by atoms with Gasteiger partial charge >= 0.3 is 0 Å². The Morgan fingerprint density at radius 2 is 2.00 bits per heavy atom. The lowest BCUT2D eigenvalue weighted by Gasteiger charge is -2.35. The molecule has 5 rings (SSSR count). The van der Waals surface area contributed by atoms with E-state index in [1.807, 2.05) is 16.4 Å². The average Bonchev–Trinajstić information content (AvgIpc) is 3.68. The van der Waals surface area contributed by atoms with Crippen molar-refractivity contribution < 1.29 is 13.9 Å². The summed E-state index contributed by atoms with van der Waals surface area (Å²) >= 11 is 5.92. The van der Waals surface area contributed by atoms with E-state index in [0.29, 0.717) is 35.1 Å². The summed E-state index contributed by atoms with van der Waals surface area (Å²) in [6, 6.07) is 8.63. The molecule has 1 aromatic heterocycles. The van der Waals surface area contributed by atoms with Gasteiger partial charge in [0, 0.05) is 42.9 Å². The molecule has 0 spiro atoms. The predicted molar refractivity (Wildman–Crippen MR) is 137 cm³/mol. The highest BCUT2D eigenvalue weighted by Crippen LogP contribution is 2.43. The summed E-state index contributed by atoms with van der Waals surface area (Å²) in [6.07, 6.45) is 6.47. The Morgan fingerprint density at radius 1 is 1.26 bits per heavy atom. The highest BCUT2D eigenvalue weighted by Gasteiger charge is 2.31. The van der Waals surface area contributed by atoms with Crippen molar-refractivity contribution >= 4 is 40.1 Å². The van der Waals surface area contributed by atoms with Crippen LogP contribution in [0.3, 0.4) is 0 Å². The molecule has 1 N–H and O–H groups in total. The molecule has 2 heterocycles. The van der Waals surface area contributed by atoms with Crippen LogP contribution in [-0.2, 0) is 0 Å². The van der Waals surface area contributed by atoms with Crippen LogP contribution in [0.25, 0.3) is 17.0 Å².